The maximum atomic E-state index is 10.2. The first kappa shape index (κ1) is 17.8. The molecule has 0 amide bonds. The number of aliphatic hydroxyl groups is 1. The predicted octanol–water partition coefficient (Wildman–Crippen LogP) is 2.76. The van der Waals surface area contributed by atoms with Crippen LogP contribution in [-0.2, 0) is 0 Å². The lowest BCUT2D eigenvalue weighted by molar-refractivity contribution is 0.0400. The Morgan fingerprint density at radius 1 is 1.14 bits per heavy atom. The van der Waals surface area contributed by atoms with E-state index in [2.05, 4.69) is 23.6 Å². The van der Waals surface area contributed by atoms with Crippen LogP contribution in [0.25, 0.3) is 0 Å². The van der Waals surface area contributed by atoms with E-state index >= 15 is 0 Å². The van der Waals surface area contributed by atoms with E-state index in [-0.39, 0.29) is 6.61 Å². The van der Waals surface area contributed by atoms with Gasteiger partial charge in [0.25, 0.3) is 0 Å². The standard InChI is InChI=1S/C16H24Cl2N2O2/c1-12(2)20-8-6-19(7-9-20)10-13(21)11-22-16-14(17)4-3-5-15(16)18/h3-5,12-13,21H,6-11H2,1-2H3. The van der Waals surface area contributed by atoms with Gasteiger partial charge in [-0.25, -0.2) is 0 Å². The molecule has 124 valence electrons. The molecular formula is C16H24Cl2N2O2. The summed E-state index contributed by atoms with van der Waals surface area (Å²) >= 11 is 12.1. The normalized spacial score (nSPS) is 18.6. The molecule has 2 rings (SSSR count). The van der Waals surface area contributed by atoms with Crippen molar-refractivity contribution in [2.45, 2.75) is 26.0 Å². The Morgan fingerprint density at radius 2 is 1.73 bits per heavy atom. The molecule has 0 bridgehead atoms. The highest BCUT2D eigenvalue weighted by Gasteiger charge is 2.21. The van der Waals surface area contributed by atoms with Crippen molar-refractivity contribution in [2.24, 2.45) is 0 Å². The zero-order chi connectivity index (χ0) is 16.1. The summed E-state index contributed by atoms with van der Waals surface area (Å²) in [4.78, 5) is 4.71. The number of benzene rings is 1. The first-order chi connectivity index (χ1) is 10.5. The van der Waals surface area contributed by atoms with Crippen molar-refractivity contribution in [3.63, 3.8) is 0 Å². The van der Waals surface area contributed by atoms with Gasteiger partial charge in [0.15, 0.2) is 5.75 Å². The smallest absolute Gasteiger partial charge is 0.156 e. The van der Waals surface area contributed by atoms with E-state index in [9.17, 15) is 5.11 Å². The Labute approximate surface area is 142 Å². The van der Waals surface area contributed by atoms with Crippen LogP contribution in [0.5, 0.6) is 5.75 Å². The number of nitrogens with zero attached hydrogens (tertiary/aromatic N) is 2. The second kappa shape index (κ2) is 8.37. The zero-order valence-electron chi connectivity index (χ0n) is 13.1. The molecule has 0 saturated carbocycles. The summed E-state index contributed by atoms with van der Waals surface area (Å²) in [5.41, 5.74) is 0. The molecule has 0 radical (unpaired) electrons. The van der Waals surface area contributed by atoms with Crippen LogP contribution in [0.3, 0.4) is 0 Å². The second-order valence-electron chi connectivity index (χ2n) is 5.95. The third-order valence-electron chi connectivity index (χ3n) is 3.95. The molecule has 1 aromatic rings. The Bertz CT molecular complexity index is 457. The fourth-order valence-electron chi connectivity index (χ4n) is 2.61. The number of halogens is 2. The van der Waals surface area contributed by atoms with Crippen LogP contribution in [-0.4, -0.2) is 66.4 Å². The van der Waals surface area contributed by atoms with Crippen LogP contribution in [0.4, 0.5) is 0 Å². The highest BCUT2D eigenvalue weighted by Crippen LogP contribution is 2.32. The molecule has 1 aromatic carbocycles. The van der Waals surface area contributed by atoms with E-state index in [1.165, 1.54) is 0 Å². The molecule has 22 heavy (non-hydrogen) atoms. The molecule has 1 N–H and O–H groups in total. The monoisotopic (exact) mass is 346 g/mol. The molecule has 1 aliphatic rings. The summed E-state index contributed by atoms with van der Waals surface area (Å²) in [7, 11) is 0. The second-order valence-corrected chi connectivity index (χ2v) is 6.76. The highest BCUT2D eigenvalue weighted by atomic mass is 35.5. The summed E-state index contributed by atoms with van der Waals surface area (Å²) in [5.74, 6) is 0.439. The van der Waals surface area contributed by atoms with Gasteiger partial charge in [-0.05, 0) is 26.0 Å². The lowest BCUT2D eigenvalue weighted by atomic mass is 10.2. The van der Waals surface area contributed by atoms with Crippen LogP contribution in [0.1, 0.15) is 13.8 Å². The van der Waals surface area contributed by atoms with Gasteiger partial charge in [-0.2, -0.15) is 0 Å². The Hall–Kier alpha value is -0.520. The van der Waals surface area contributed by atoms with E-state index in [1.54, 1.807) is 18.2 Å². The number of aliphatic hydroxyl groups excluding tert-OH is 1. The number of hydrogen-bond acceptors (Lipinski definition) is 4. The lowest BCUT2D eigenvalue weighted by Crippen LogP contribution is -2.51. The number of rotatable bonds is 6. The highest BCUT2D eigenvalue weighted by molar-refractivity contribution is 6.37. The number of β-amino-alcohol motifs (C(OH)–C–C–N with tert-alkyl or cyclic N) is 1. The minimum Gasteiger partial charge on any atom is -0.488 e. The molecule has 1 aliphatic heterocycles. The van der Waals surface area contributed by atoms with Crippen molar-refractivity contribution in [1.82, 2.24) is 9.80 Å². The maximum absolute atomic E-state index is 10.2. The molecule has 1 heterocycles. The largest absolute Gasteiger partial charge is 0.488 e. The average Bonchev–Trinajstić information content (AvgIpc) is 2.47. The van der Waals surface area contributed by atoms with Gasteiger partial charge in [-0.3, -0.25) is 9.80 Å². The van der Waals surface area contributed by atoms with Gasteiger partial charge in [-0.15, -0.1) is 0 Å². The number of para-hydroxylation sites is 1. The third-order valence-corrected chi connectivity index (χ3v) is 4.54. The Kier molecular flexibility index (Phi) is 6.78. The first-order valence-corrected chi connectivity index (χ1v) is 8.44. The molecule has 4 nitrogen and oxygen atoms in total. The minimum absolute atomic E-state index is 0.188. The van der Waals surface area contributed by atoms with Crippen LogP contribution in [0, 0.1) is 0 Å². The summed E-state index contributed by atoms with van der Waals surface area (Å²) in [6.07, 6.45) is -0.557. The average molecular weight is 347 g/mol. The first-order valence-electron chi connectivity index (χ1n) is 7.68. The molecule has 0 aromatic heterocycles. The predicted molar refractivity (Wildman–Crippen MR) is 91.1 cm³/mol. The summed E-state index contributed by atoms with van der Waals surface area (Å²) in [6, 6.07) is 5.79. The molecule has 1 fully saturated rings. The minimum atomic E-state index is -0.557. The number of hydrogen-bond donors (Lipinski definition) is 1. The molecular weight excluding hydrogens is 323 g/mol. The van der Waals surface area contributed by atoms with Crippen molar-refractivity contribution in [1.29, 1.82) is 0 Å². The van der Waals surface area contributed by atoms with Gasteiger partial charge >= 0.3 is 0 Å². The van der Waals surface area contributed by atoms with E-state index in [0.29, 0.717) is 28.4 Å². The van der Waals surface area contributed by atoms with Crippen molar-refractivity contribution in [3.8, 4) is 5.75 Å². The maximum Gasteiger partial charge on any atom is 0.156 e. The number of ether oxygens (including phenoxy) is 1. The van der Waals surface area contributed by atoms with Gasteiger partial charge in [0.1, 0.15) is 12.7 Å². The molecule has 1 atom stereocenters. The Morgan fingerprint density at radius 3 is 2.27 bits per heavy atom. The van der Waals surface area contributed by atoms with Crippen molar-refractivity contribution < 1.29 is 9.84 Å². The summed E-state index contributed by atoms with van der Waals surface area (Å²) < 4.78 is 5.58. The molecule has 0 spiro atoms. The van der Waals surface area contributed by atoms with Gasteiger partial charge in [0.2, 0.25) is 0 Å². The van der Waals surface area contributed by atoms with Crippen LogP contribution < -0.4 is 4.74 Å². The van der Waals surface area contributed by atoms with Gasteiger partial charge in [0.05, 0.1) is 10.0 Å². The van der Waals surface area contributed by atoms with E-state index < -0.39 is 6.10 Å². The van der Waals surface area contributed by atoms with Gasteiger partial charge in [-0.1, -0.05) is 29.3 Å². The summed E-state index contributed by atoms with van der Waals surface area (Å²) in [6.45, 7) is 9.26. The quantitative estimate of drug-likeness (QED) is 0.859. The van der Waals surface area contributed by atoms with E-state index in [1.807, 2.05) is 0 Å². The molecule has 0 aliphatic carbocycles. The van der Waals surface area contributed by atoms with Crippen molar-refractivity contribution in [2.75, 3.05) is 39.3 Å². The molecule has 1 saturated heterocycles. The van der Waals surface area contributed by atoms with Gasteiger partial charge in [0, 0.05) is 38.8 Å². The van der Waals surface area contributed by atoms with Gasteiger partial charge < -0.3 is 9.84 Å². The van der Waals surface area contributed by atoms with Crippen molar-refractivity contribution in [3.05, 3.63) is 28.2 Å². The van der Waals surface area contributed by atoms with Crippen LogP contribution in [0.2, 0.25) is 10.0 Å². The van der Waals surface area contributed by atoms with E-state index in [0.717, 1.165) is 26.2 Å². The SMILES string of the molecule is CC(C)N1CCN(CC(O)COc2c(Cl)cccc2Cl)CC1. The Balaban J connectivity index is 1.76. The zero-order valence-corrected chi connectivity index (χ0v) is 14.6. The lowest BCUT2D eigenvalue weighted by Gasteiger charge is -2.37. The molecule has 1 unspecified atom stereocenters. The summed E-state index contributed by atoms with van der Waals surface area (Å²) in [5, 5.41) is 11.1. The van der Waals surface area contributed by atoms with Crippen molar-refractivity contribution >= 4 is 23.2 Å². The number of piperazine rings is 1. The van der Waals surface area contributed by atoms with Crippen LogP contribution >= 0.6 is 23.2 Å². The fraction of sp³-hybridized carbons (Fsp3) is 0.625. The molecule has 6 heteroatoms. The van der Waals surface area contributed by atoms with Crippen LogP contribution in [0.15, 0.2) is 18.2 Å². The third kappa shape index (κ3) is 5.00. The fourth-order valence-corrected chi connectivity index (χ4v) is 3.12. The van der Waals surface area contributed by atoms with E-state index in [4.69, 9.17) is 27.9 Å². The topological polar surface area (TPSA) is 35.9 Å².